The fraction of sp³-hybridized carbons (Fsp3) is 0.951. The molecule has 45 heavy (non-hydrogen) atoms. The number of hydrogen-bond acceptors (Lipinski definition) is 4. The summed E-state index contributed by atoms with van der Waals surface area (Å²) in [5, 5.41) is 0. The van der Waals surface area contributed by atoms with E-state index in [-0.39, 0.29) is 40.5 Å². The second kappa shape index (κ2) is 15.9. The third-order valence-corrected chi connectivity index (χ3v) is 12.6. The van der Waals surface area contributed by atoms with E-state index < -0.39 is 0 Å². The van der Waals surface area contributed by atoms with Crippen LogP contribution in [0.1, 0.15) is 172 Å². The van der Waals surface area contributed by atoms with Gasteiger partial charge in [0.15, 0.2) is 0 Å². The van der Waals surface area contributed by atoms with E-state index in [0.29, 0.717) is 35.9 Å². The van der Waals surface area contributed by atoms with Gasteiger partial charge in [-0.05, 0) is 115 Å². The molecule has 9 atom stereocenters. The van der Waals surface area contributed by atoms with Crippen LogP contribution in [0.2, 0.25) is 0 Å². The van der Waals surface area contributed by atoms with Crippen LogP contribution in [0.5, 0.6) is 0 Å². The van der Waals surface area contributed by atoms with Gasteiger partial charge in [-0.1, -0.05) is 108 Å². The highest BCUT2D eigenvalue weighted by Gasteiger charge is 2.45. The number of carbonyl (C=O) groups excluding carboxylic acids is 2. The van der Waals surface area contributed by atoms with Crippen molar-refractivity contribution in [2.75, 3.05) is 13.2 Å². The Morgan fingerprint density at radius 2 is 1.09 bits per heavy atom. The third kappa shape index (κ3) is 11.5. The smallest absolute Gasteiger partial charge is 0.310 e. The van der Waals surface area contributed by atoms with Crippen molar-refractivity contribution < 1.29 is 19.1 Å². The zero-order valence-electron chi connectivity index (χ0n) is 31.7. The van der Waals surface area contributed by atoms with Crippen LogP contribution in [-0.2, 0) is 19.1 Å². The van der Waals surface area contributed by atoms with E-state index in [1.165, 1.54) is 64.2 Å². The van der Waals surface area contributed by atoms with Crippen molar-refractivity contribution in [2.45, 2.75) is 172 Å². The zero-order chi connectivity index (χ0) is 33.6. The Bertz CT molecular complexity index is 942. The largest absolute Gasteiger partial charge is 0.465 e. The van der Waals surface area contributed by atoms with Crippen LogP contribution in [0.3, 0.4) is 0 Å². The highest BCUT2D eigenvalue weighted by molar-refractivity contribution is 5.82. The summed E-state index contributed by atoms with van der Waals surface area (Å²) in [5.41, 5.74) is 1.11. The second-order valence-electron chi connectivity index (χ2n) is 19.6. The van der Waals surface area contributed by atoms with Gasteiger partial charge in [-0.3, -0.25) is 9.59 Å². The molecule has 262 valence electrons. The predicted molar refractivity (Wildman–Crippen MR) is 188 cm³/mol. The average Bonchev–Trinajstić information content (AvgIpc) is 2.90. The van der Waals surface area contributed by atoms with Crippen LogP contribution in [0.15, 0.2) is 0 Å². The summed E-state index contributed by atoms with van der Waals surface area (Å²) >= 11 is 0. The molecule has 0 aliphatic heterocycles. The predicted octanol–water partition coefficient (Wildman–Crippen LogP) is 11.4. The lowest BCUT2D eigenvalue weighted by molar-refractivity contribution is -0.169. The molecule has 4 heteroatoms. The van der Waals surface area contributed by atoms with Crippen LogP contribution in [0, 0.1) is 63.1 Å². The second-order valence-corrected chi connectivity index (χ2v) is 19.6. The molecule has 0 N–H and O–H groups in total. The fourth-order valence-corrected chi connectivity index (χ4v) is 9.67. The molecule has 4 nitrogen and oxygen atoms in total. The van der Waals surface area contributed by atoms with E-state index in [0.717, 1.165) is 43.9 Å². The Kier molecular flexibility index (Phi) is 13.6. The Balaban J connectivity index is 1.61. The summed E-state index contributed by atoms with van der Waals surface area (Å²) in [6.45, 7) is 26.7. The number of esters is 2. The van der Waals surface area contributed by atoms with Crippen molar-refractivity contribution in [3.8, 4) is 0 Å². The first kappa shape index (κ1) is 38.4. The van der Waals surface area contributed by atoms with Crippen LogP contribution < -0.4 is 0 Å². The van der Waals surface area contributed by atoms with E-state index in [2.05, 4.69) is 76.2 Å². The number of ether oxygens (including phenoxy) is 2. The van der Waals surface area contributed by atoms with E-state index >= 15 is 0 Å². The molecule has 3 aliphatic rings. The van der Waals surface area contributed by atoms with E-state index in [1.807, 2.05) is 0 Å². The molecule has 0 radical (unpaired) electrons. The van der Waals surface area contributed by atoms with Gasteiger partial charge >= 0.3 is 11.9 Å². The van der Waals surface area contributed by atoms with Gasteiger partial charge in [0.2, 0.25) is 0 Å². The molecular weight excluding hydrogens is 556 g/mol. The topological polar surface area (TPSA) is 52.6 Å². The average molecular weight is 631 g/mol. The maximum atomic E-state index is 13.8. The van der Waals surface area contributed by atoms with Crippen LogP contribution in [0.25, 0.3) is 0 Å². The minimum absolute atomic E-state index is 0.145. The zero-order valence-corrected chi connectivity index (χ0v) is 31.7. The van der Waals surface area contributed by atoms with Crippen LogP contribution in [-0.4, -0.2) is 25.2 Å². The van der Waals surface area contributed by atoms with Crippen LogP contribution in [0.4, 0.5) is 0 Å². The Labute approximate surface area is 279 Å². The maximum absolute atomic E-state index is 13.8. The van der Waals surface area contributed by atoms with Crippen molar-refractivity contribution in [1.29, 1.82) is 0 Å². The Morgan fingerprint density at radius 1 is 0.644 bits per heavy atom. The normalized spacial score (nSPS) is 36.4. The van der Waals surface area contributed by atoms with Gasteiger partial charge in [0, 0.05) is 0 Å². The van der Waals surface area contributed by atoms with Crippen molar-refractivity contribution in [2.24, 2.45) is 63.1 Å². The van der Waals surface area contributed by atoms with Gasteiger partial charge in [0.05, 0.1) is 25.0 Å². The summed E-state index contributed by atoms with van der Waals surface area (Å²) in [5.74, 6) is 1.32. The molecule has 0 aromatic carbocycles. The minimum atomic E-state index is -0.384. The highest BCUT2D eigenvalue weighted by Crippen LogP contribution is 2.49. The molecule has 0 aromatic heterocycles. The molecule has 0 bridgehead atoms. The molecule has 0 aromatic rings. The quantitative estimate of drug-likeness (QED) is 0.201. The molecule has 0 saturated heterocycles. The highest BCUT2D eigenvalue weighted by atomic mass is 16.5. The standard InChI is InChI=1S/C41H74O4/c1-29-17-19-32(40(10,25-29)23-13-21-38(4,5)6)27-44-36(42)34-16-12-15-31(3)35(34)37(43)45-28-33-20-18-30(2)26-41(33,11)24-14-22-39(7,8)9/h29-35H,12-28H2,1-11H3. The first-order chi connectivity index (χ1) is 20.8. The molecular formula is C41H74O4. The molecule has 0 heterocycles. The van der Waals surface area contributed by atoms with Gasteiger partial charge in [-0.15, -0.1) is 0 Å². The molecule has 3 saturated carbocycles. The monoisotopic (exact) mass is 631 g/mol. The Morgan fingerprint density at radius 3 is 1.53 bits per heavy atom. The number of rotatable bonds is 12. The van der Waals surface area contributed by atoms with E-state index in [1.54, 1.807) is 0 Å². The maximum Gasteiger partial charge on any atom is 0.310 e. The lowest BCUT2D eigenvalue weighted by Crippen LogP contribution is -2.43. The third-order valence-electron chi connectivity index (χ3n) is 12.6. The number of hydrogen-bond donors (Lipinski definition) is 0. The van der Waals surface area contributed by atoms with E-state index in [9.17, 15) is 9.59 Å². The minimum Gasteiger partial charge on any atom is -0.465 e. The molecule has 0 spiro atoms. The summed E-state index contributed by atoms with van der Waals surface area (Å²) in [7, 11) is 0. The molecule has 9 unspecified atom stereocenters. The lowest BCUT2D eigenvalue weighted by atomic mass is 9.62. The van der Waals surface area contributed by atoms with Gasteiger partial charge in [-0.2, -0.15) is 0 Å². The lowest BCUT2D eigenvalue weighted by Gasteiger charge is -2.45. The van der Waals surface area contributed by atoms with Gasteiger partial charge in [0.25, 0.3) is 0 Å². The fourth-order valence-electron chi connectivity index (χ4n) is 9.67. The number of carbonyl (C=O) groups is 2. The van der Waals surface area contributed by atoms with Crippen molar-refractivity contribution in [3.63, 3.8) is 0 Å². The molecule has 0 amide bonds. The van der Waals surface area contributed by atoms with E-state index in [4.69, 9.17) is 9.47 Å². The molecule has 3 fully saturated rings. The first-order valence-electron chi connectivity index (χ1n) is 19.2. The summed E-state index contributed by atoms with van der Waals surface area (Å²) < 4.78 is 12.4. The SMILES string of the molecule is CC1CCC(COC(=O)C2CCCC(C)C2C(=O)OCC2CCC(C)CC2(C)CCCC(C)(C)C)C(C)(CCCC(C)(C)C)C1. The molecule has 3 rings (SSSR count). The van der Waals surface area contributed by atoms with Gasteiger partial charge < -0.3 is 9.47 Å². The Hall–Kier alpha value is -1.06. The summed E-state index contributed by atoms with van der Waals surface area (Å²) in [6.07, 6.45) is 17.1. The van der Waals surface area contributed by atoms with Crippen molar-refractivity contribution in [3.05, 3.63) is 0 Å². The van der Waals surface area contributed by atoms with Crippen molar-refractivity contribution >= 4 is 11.9 Å². The van der Waals surface area contributed by atoms with Crippen molar-refractivity contribution in [1.82, 2.24) is 0 Å². The summed E-state index contributed by atoms with van der Waals surface area (Å²) in [6, 6.07) is 0. The van der Waals surface area contributed by atoms with Gasteiger partial charge in [-0.25, -0.2) is 0 Å². The van der Waals surface area contributed by atoms with Crippen LogP contribution >= 0.6 is 0 Å². The molecule has 3 aliphatic carbocycles. The first-order valence-corrected chi connectivity index (χ1v) is 19.2. The van der Waals surface area contributed by atoms with Gasteiger partial charge in [0.1, 0.15) is 0 Å². The summed E-state index contributed by atoms with van der Waals surface area (Å²) in [4.78, 5) is 27.5.